The molecule has 0 heterocycles. The van der Waals surface area contributed by atoms with E-state index in [2.05, 4.69) is 0 Å². The van der Waals surface area contributed by atoms with E-state index in [-0.39, 0.29) is 11.3 Å². The number of carbonyl (C=O) groups excluding carboxylic acids is 1. The Hall–Kier alpha value is -2.95. The lowest BCUT2D eigenvalue weighted by molar-refractivity contribution is 0.104. The van der Waals surface area contributed by atoms with Crippen LogP contribution in [0.1, 0.15) is 15.9 Å². The largest absolute Gasteiger partial charge is 0.508 e. The number of rotatable bonds is 3. The van der Waals surface area contributed by atoms with Crippen molar-refractivity contribution >= 4 is 11.9 Å². The fourth-order valence-electron chi connectivity index (χ4n) is 1.60. The first-order valence-electron chi connectivity index (χ1n) is 5.74. The molecule has 0 saturated heterocycles. The molecule has 5 heteroatoms. The highest BCUT2D eigenvalue weighted by molar-refractivity contribution is 6.07. The number of ketones is 1. The maximum Gasteiger partial charge on any atom is 0.200 e. The molecule has 0 saturated carbocycles. The normalized spacial score (nSPS) is 10.8. The number of benzene rings is 2. The molecule has 4 N–H and O–H groups in total. The van der Waals surface area contributed by atoms with Crippen molar-refractivity contribution in [1.82, 2.24) is 0 Å². The standard InChI is InChI=1S/C15H12O5/c16-11-4-1-9(2-5-11)3-6-12(17)10-7-13(18)15(20)14(19)8-10/h1-8,16,18-20H/b6-3+. The first-order valence-corrected chi connectivity index (χ1v) is 5.74. The van der Waals surface area contributed by atoms with Gasteiger partial charge >= 0.3 is 0 Å². The third-order valence-corrected chi connectivity index (χ3v) is 2.67. The Balaban J connectivity index is 2.22. The van der Waals surface area contributed by atoms with Gasteiger partial charge in [-0.1, -0.05) is 18.2 Å². The highest BCUT2D eigenvalue weighted by Gasteiger charge is 2.11. The molecule has 102 valence electrons. The van der Waals surface area contributed by atoms with Gasteiger partial charge in [0.05, 0.1) is 0 Å². The molecule has 0 aliphatic carbocycles. The summed E-state index contributed by atoms with van der Waals surface area (Å²) in [6, 6.07) is 8.37. The molecule has 0 bridgehead atoms. The molecule has 0 fully saturated rings. The van der Waals surface area contributed by atoms with E-state index in [1.165, 1.54) is 24.3 Å². The molecule has 0 unspecified atom stereocenters. The molecule has 20 heavy (non-hydrogen) atoms. The summed E-state index contributed by atoms with van der Waals surface area (Å²) >= 11 is 0. The van der Waals surface area contributed by atoms with Crippen LogP contribution in [0.4, 0.5) is 0 Å². The summed E-state index contributed by atoms with van der Waals surface area (Å²) in [6.07, 6.45) is 2.79. The summed E-state index contributed by atoms with van der Waals surface area (Å²) < 4.78 is 0. The van der Waals surface area contributed by atoms with Crippen LogP contribution in [-0.2, 0) is 0 Å². The Labute approximate surface area is 114 Å². The topological polar surface area (TPSA) is 98.0 Å². The van der Waals surface area contributed by atoms with Crippen LogP contribution < -0.4 is 0 Å². The molecule has 0 spiro atoms. The quantitative estimate of drug-likeness (QED) is 0.391. The van der Waals surface area contributed by atoms with Crippen molar-refractivity contribution in [2.45, 2.75) is 0 Å². The predicted molar refractivity (Wildman–Crippen MR) is 72.9 cm³/mol. The van der Waals surface area contributed by atoms with Gasteiger partial charge in [-0.05, 0) is 35.9 Å². The van der Waals surface area contributed by atoms with E-state index < -0.39 is 23.0 Å². The van der Waals surface area contributed by atoms with Crippen LogP contribution in [0.15, 0.2) is 42.5 Å². The lowest BCUT2D eigenvalue weighted by Gasteiger charge is -2.03. The molecule has 2 aromatic carbocycles. The summed E-state index contributed by atoms with van der Waals surface area (Å²) in [5.74, 6) is -2.10. The molecule has 0 radical (unpaired) electrons. The van der Waals surface area contributed by atoms with Gasteiger partial charge in [-0.3, -0.25) is 4.79 Å². The minimum Gasteiger partial charge on any atom is -0.508 e. The maximum atomic E-state index is 11.9. The van der Waals surface area contributed by atoms with E-state index in [1.807, 2.05) is 0 Å². The number of phenolic OH excluding ortho intramolecular Hbond substituents is 4. The van der Waals surface area contributed by atoms with Crippen LogP contribution in [0.3, 0.4) is 0 Å². The predicted octanol–water partition coefficient (Wildman–Crippen LogP) is 2.41. The number of phenols is 4. The summed E-state index contributed by atoms with van der Waals surface area (Å²) in [5.41, 5.74) is 0.760. The van der Waals surface area contributed by atoms with E-state index in [0.717, 1.165) is 12.1 Å². The van der Waals surface area contributed by atoms with E-state index in [1.54, 1.807) is 12.1 Å². The first kappa shape index (κ1) is 13.5. The van der Waals surface area contributed by atoms with Gasteiger partial charge in [0.15, 0.2) is 23.0 Å². The van der Waals surface area contributed by atoms with Crippen molar-refractivity contribution in [2.75, 3.05) is 0 Å². The smallest absolute Gasteiger partial charge is 0.200 e. The first-order chi connectivity index (χ1) is 9.47. The summed E-state index contributed by atoms with van der Waals surface area (Å²) in [5, 5.41) is 37.0. The van der Waals surface area contributed by atoms with Crippen LogP contribution >= 0.6 is 0 Å². The third kappa shape index (κ3) is 2.89. The third-order valence-electron chi connectivity index (χ3n) is 2.67. The Morgan fingerprint density at radius 3 is 2.00 bits per heavy atom. The van der Waals surface area contributed by atoms with Crippen molar-refractivity contribution in [2.24, 2.45) is 0 Å². The molecule has 2 aromatic rings. The second kappa shape index (κ2) is 5.36. The number of carbonyl (C=O) groups is 1. The fraction of sp³-hybridized carbons (Fsp3) is 0. The van der Waals surface area contributed by atoms with Crippen molar-refractivity contribution < 1.29 is 25.2 Å². The van der Waals surface area contributed by atoms with Crippen LogP contribution in [0.5, 0.6) is 23.0 Å². The second-order valence-electron chi connectivity index (χ2n) is 4.15. The number of allylic oxidation sites excluding steroid dienone is 1. The Kier molecular flexibility index (Phi) is 3.61. The second-order valence-corrected chi connectivity index (χ2v) is 4.15. The Bertz CT molecular complexity index is 648. The zero-order valence-corrected chi connectivity index (χ0v) is 10.3. The van der Waals surface area contributed by atoms with Crippen LogP contribution in [-0.4, -0.2) is 26.2 Å². The van der Waals surface area contributed by atoms with Gasteiger partial charge in [-0.15, -0.1) is 0 Å². The minimum atomic E-state index is -0.663. The average molecular weight is 272 g/mol. The SMILES string of the molecule is O=C(/C=C/c1ccc(O)cc1)c1cc(O)c(O)c(O)c1. The van der Waals surface area contributed by atoms with Crippen molar-refractivity contribution in [3.8, 4) is 23.0 Å². The van der Waals surface area contributed by atoms with E-state index in [0.29, 0.717) is 5.56 Å². The summed E-state index contributed by atoms with van der Waals surface area (Å²) in [7, 11) is 0. The lowest BCUT2D eigenvalue weighted by atomic mass is 10.1. The molecule has 5 nitrogen and oxygen atoms in total. The molecule has 0 atom stereocenters. The van der Waals surface area contributed by atoms with Crippen LogP contribution in [0.2, 0.25) is 0 Å². The van der Waals surface area contributed by atoms with Crippen molar-refractivity contribution in [3.05, 3.63) is 53.6 Å². The summed E-state index contributed by atoms with van der Waals surface area (Å²) in [4.78, 5) is 11.9. The molecule has 0 aliphatic heterocycles. The monoisotopic (exact) mass is 272 g/mol. The van der Waals surface area contributed by atoms with Crippen molar-refractivity contribution in [1.29, 1.82) is 0 Å². The van der Waals surface area contributed by atoms with Gasteiger partial charge in [0.25, 0.3) is 0 Å². The van der Waals surface area contributed by atoms with E-state index >= 15 is 0 Å². The van der Waals surface area contributed by atoms with Gasteiger partial charge in [-0.25, -0.2) is 0 Å². The highest BCUT2D eigenvalue weighted by atomic mass is 16.3. The molecule has 2 rings (SSSR count). The number of hydrogen-bond donors (Lipinski definition) is 4. The minimum absolute atomic E-state index is 0.0489. The van der Waals surface area contributed by atoms with Gasteiger partial charge in [0, 0.05) is 5.56 Å². The zero-order chi connectivity index (χ0) is 14.7. The van der Waals surface area contributed by atoms with E-state index in [9.17, 15) is 20.1 Å². The molecular weight excluding hydrogens is 260 g/mol. The maximum absolute atomic E-state index is 11.9. The van der Waals surface area contributed by atoms with Gasteiger partial charge < -0.3 is 20.4 Å². The number of aromatic hydroxyl groups is 4. The fourth-order valence-corrected chi connectivity index (χ4v) is 1.60. The lowest BCUT2D eigenvalue weighted by Crippen LogP contribution is -1.93. The Morgan fingerprint density at radius 1 is 0.900 bits per heavy atom. The summed E-state index contributed by atoms with van der Waals surface area (Å²) in [6.45, 7) is 0. The average Bonchev–Trinajstić information content (AvgIpc) is 2.43. The molecule has 0 aliphatic rings. The van der Waals surface area contributed by atoms with Crippen LogP contribution in [0.25, 0.3) is 6.08 Å². The highest BCUT2D eigenvalue weighted by Crippen LogP contribution is 2.35. The number of hydrogen-bond acceptors (Lipinski definition) is 5. The van der Waals surface area contributed by atoms with Gasteiger partial charge in [0.2, 0.25) is 0 Å². The van der Waals surface area contributed by atoms with Gasteiger partial charge in [0.1, 0.15) is 5.75 Å². The molecular formula is C15H12O5. The molecule has 0 aromatic heterocycles. The molecule has 0 amide bonds. The van der Waals surface area contributed by atoms with E-state index in [4.69, 9.17) is 5.11 Å². The Morgan fingerprint density at radius 2 is 1.45 bits per heavy atom. The van der Waals surface area contributed by atoms with Crippen LogP contribution in [0, 0.1) is 0 Å². The zero-order valence-electron chi connectivity index (χ0n) is 10.3. The van der Waals surface area contributed by atoms with Crippen molar-refractivity contribution in [3.63, 3.8) is 0 Å². The van der Waals surface area contributed by atoms with Gasteiger partial charge in [-0.2, -0.15) is 0 Å².